The van der Waals surface area contributed by atoms with Gasteiger partial charge in [0, 0.05) is 34.3 Å². The van der Waals surface area contributed by atoms with Gasteiger partial charge in [-0.1, -0.05) is 35.4 Å². The van der Waals surface area contributed by atoms with Gasteiger partial charge in [0.05, 0.1) is 9.85 Å². The number of benzene rings is 2. The highest BCUT2D eigenvalue weighted by molar-refractivity contribution is 6.34. The Labute approximate surface area is 220 Å². The van der Waals surface area contributed by atoms with Crippen molar-refractivity contribution in [3.05, 3.63) is 126 Å². The molecule has 0 amide bonds. The second kappa shape index (κ2) is 9.76. The fourth-order valence-electron chi connectivity index (χ4n) is 3.92. The molecule has 0 radical (unpaired) electrons. The molecule has 0 saturated carbocycles. The largest absolute Gasteiger partial charge is 0.362 e. The van der Waals surface area contributed by atoms with Crippen molar-refractivity contribution in [1.29, 1.82) is 0 Å². The van der Waals surface area contributed by atoms with Gasteiger partial charge in [0.2, 0.25) is 0 Å². The van der Waals surface area contributed by atoms with E-state index in [0.29, 0.717) is 21.2 Å². The van der Waals surface area contributed by atoms with E-state index in [1.165, 1.54) is 24.3 Å². The smallest absolute Gasteiger partial charge is 0.269 e. The van der Waals surface area contributed by atoms with Gasteiger partial charge >= 0.3 is 0 Å². The molecule has 0 spiro atoms. The van der Waals surface area contributed by atoms with E-state index < -0.39 is 31.8 Å². The fraction of sp³-hybridized carbons (Fsp3) is 0.167. The Morgan fingerprint density at radius 2 is 1.03 bits per heavy atom. The van der Waals surface area contributed by atoms with Crippen LogP contribution in [0.25, 0.3) is 0 Å². The summed E-state index contributed by atoms with van der Waals surface area (Å²) in [6, 6.07) is 11.6. The highest BCUT2D eigenvalue weighted by Gasteiger charge is 2.45. The maximum atomic E-state index is 11.1. The first-order valence-electron chi connectivity index (χ1n) is 10.2. The summed E-state index contributed by atoms with van der Waals surface area (Å²) in [6.07, 6.45) is 8.24. The predicted octanol–water partition coefficient (Wildman–Crippen LogP) is 7.21. The molecule has 4 rings (SSSR count). The van der Waals surface area contributed by atoms with Crippen LogP contribution in [0, 0.1) is 20.2 Å². The summed E-state index contributed by atoms with van der Waals surface area (Å²) < 4.78 is 6.41. The third kappa shape index (κ3) is 5.01. The monoisotopic (exact) mass is 552 g/mol. The summed E-state index contributed by atoms with van der Waals surface area (Å²) in [5.74, 6) is 0. The minimum atomic E-state index is -1.30. The van der Waals surface area contributed by atoms with Crippen LogP contribution in [0.3, 0.4) is 0 Å². The van der Waals surface area contributed by atoms with Crippen LogP contribution in [0.4, 0.5) is 11.4 Å². The second-order valence-corrected chi connectivity index (χ2v) is 10.0. The molecule has 11 heteroatoms. The van der Waals surface area contributed by atoms with Crippen LogP contribution < -0.4 is 0 Å². The number of ether oxygens (including phenoxy) is 1. The van der Waals surface area contributed by atoms with E-state index in [1.807, 2.05) is 0 Å². The van der Waals surface area contributed by atoms with Gasteiger partial charge in [-0.05, 0) is 59.7 Å². The molecule has 35 heavy (non-hydrogen) atoms. The molecule has 4 unspecified atom stereocenters. The summed E-state index contributed by atoms with van der Waals surface area (Å²) in [6.45, 7) is 0. The minimum absolute atomic E-state index is 0.0825. The molecule has 0 aliphatic heterocycles. The Bertz CT molecular complexity index is 1190. The number of hydrogen-bond donors (Lipinski definition) is 0. The Morgan fingerprint density at radius 3 is 1.34 bits per heavy atom. The molecule has 0 bridgehead atoms. The highest BCUT2D eigenvalue weighted by Crippen LogP contribution is 2.47. The maximum Gasteiger partial charge on any atom is 0.269 e. The standard InChI is InChI=1S/C24H16Cl4N2O5/c25-17-5-11-21(23(27,13-17)15-1-7-19(8-2-15)29(31)32)35-22-12-6-18(26)14-24(22,28)16-3-9-20(10-4-16)30(33)34/h1-14,21-22H. The quantitative estimate of drug-likeness (QED) is 0.214. The Balaban J connectivity index is 1.70. The predicted molar refractivity (Wildman–Crippen MR) is 136 cm³/mol. The second-order valence-electron chi connectivity index (χ2n) is 7.90. The first kappa shape index (κ1) is 25.4. The van der Waals surface area contributed by atoms with Crippen LogP contribution in [0.1, 0.15) is 11.1 Å². The average Bonchev–Trinajstić information content (AvgIpc) is 2.82. The number of nitrogens with zero attached hydrogens (tertiary/aromatic N) is 2. The van der Waals surface area contributed by atoms with Gasteiger partial charge in [0.25, 0.3) is 11.4 Å². The van der Waals surface area contributed by atoms with E-state index in [1.54, 1.807) is 60.7 Å². The molecule has 4 atom stereocenters. The van der Waals surface area contributed by atoms with E-state index in [9.17, 15) is 20.2 Å². The van der Waals surface area contributed by atoms with Gasteiger partial charge < -0.3 is 4.74 Å². The zero-order valence-electron chi connectivity index (χ0n) is 17.7. The summed E-state index contributed by atoms with van der Waals surface area (Å²) in [4.78, 5) is 18.5. The Morgan fingerprint density at radius 1 is 0.686 bits per heavy atom. The number of nitro groups is 2. The molecule has 180 valence electrons. The number of nitro benzene ring substituents is 2. The van der Waals surface area contributed by atoms with Crippen molar-refractivity contribution in [2.24, 2.45) is 0 Å². The lowest BCUT2D eigenvalue weighted by atomic mass is 9.86. The molecular formula is C24H16Cl4N2O5. The third-order valence-electron chi connectivity index (χ3n) is 5.72. The van der Waals surface area contributed by atoms with Crippen LogP contribution >= 0.6 is 46.4 Å². The summed E-state index contributed by atoms with van der Waals surface area (Å²) in [7, 11) is 0. The van der Waals surface area contributed by atoms with E-state index in [2.05, 4.69) is 0 Å². The van der Waals surface area contributed by atoms with Crippen LogP contribution in [-0.2, 0) is 14.5 Å². The maximum absolute atomic E-state index is 11.1. The molecule has 0 fully saturated rings. The topological polar surface area (TPSA) is 95.5 Å². The lowest BCUT2D eigenvalue weighted by molar-refractivity contribution is -0.385. The molecule has 2 aliphatic rings. The molecule has 2 aromatic rings. The van der Waals surface area contributed by atoms with Crippen molar-refractivity contribution in [1.82, 2.24) is 0 Å². The minimum Gasteiger partial charge on any atom is -0.362 e. The fourth-order valence-corrected chi connectivity index (χ4v) is 5.26. The summed E-state index contributed by atoms with van der Waals surface area (Å²) in [5, 5.41) is 22.9. The van der Waals surface area contributed by atoms with Crippen molar-refractivity contribution in [3.8, 4) is 0 Å². The number of non-ortho nitro benzene ring substituents is 2. The molecule has 0 N–H and O–H groups in total. The highest BCUT2D eigenvalue weighted by atomic mass is 35.5. The lowest BCUT2D eigenvalue weighted by Gasteiger charge is -2.40. The molecule has 0 saturated heterocycles. The van der Waals surface area contributed by atoms with E-state index in [-0.39, 0.29) is 11.4 Å². The van der Waals surface area contributed by atoms with Crippen LogP contribution in [-0.4, -0.2) is 22.1 Å². The van der Waals surface area contributed by atoms with Crippen LogP contribution in [0.5, 0.6) is 0 Å². The first-order chi connectivity index (χ1) is 16.5. The van der Waals surface area contributed by atoms with Crippen molar-refractivity contribution in [2.75, 3.05) is 0 Å². The van der Waals surface area contributed by atoms with Crippen molar-refractivity contribution in [3.63, 3.8) is 0 Å². The molecule has 0 aromatic heterocycles. The lowest BCUT2D eigenvalue weighted by Crippen LogP contribution is -2.43. The van der Waals surface area contributed by atoms with E-state index in [4.69, 9.17) is 51.1 Å². The van der Waals surface area contributed by atoms with Gasteiger partial charge in [0.15, 0.2) is 0 Å². The summed E-state index contributed by atoms with van der Waals surface area (Å²) >= 11 is 26.6. The van der Waals surface area contributed by atoms with E-state index in [0.717, 1.165) is 0 Å². The first-order valence-corrected chi connectivity index (χ1v) is 11.7. The van der Waals surface area contributed by atoms with Crippen molar-refractivity contribution in [2.45, 2.75) is 22.0 Å². The molecule has 2 aromatic carbocycles. The van der Waals surface area contributed by atoms with Gasteiger partial charge in [-0.25, -0.2) is 0 Å². The molecule has 0 heterocycles. The summed E-state index contributed by atoms with van der Waals surface area (Å²) in [5.41, 5.74) is 0.893. The third-order valence-corrected chi connectivity index (χ3v) is 7.27. The number of rotatable bonds is 6. The number of allylic oxidation sites excluding steroid dienone is 4. The van der Waals surface area contributed by atoms with Gasteiger partial charge in [-0.3, -0.25) is 20.2 Å². The zero-order chi connectivity index (χ0) is 25.4. The number of alkyl halides is 2. The SMILES string of the molecule is O=[N+]([O-])c1ccc(C2(Cl)C=C(Cl)C=CC2OC2C=CC(Cl)=CC2(Cl)c2ccc([N+](=O)[O-])cc2)cc1. The number of hydrogen-bond acceptors (Lipinski definition) is 5. The number of halogens is 4. The van der Waals surface area contributed by atoms with Crippen LogP contribution in [0.15, 0.2) is 95.1 Å². The van der Waals surface area contributed by atoms with E-state index >= 15 is 0 Å². The average molecular weight is 554 g/mol. The molecular weight excluding hydrogens is 538 g/mol. The Kier molecular flexibility index (Phi) is 7.09. The van der Waals surface area contributed by atoms with Crippen molar-refractivity contribution < 1.29 is 14.6 Å². The van der Waals surface area contributed by atoms with Gasteiger partial charge in [-0.15, -0.1) is 23.2 Å². The molecule has 2 aliphatic carbocycles. The Hall–Kier alpha value is -2.68. The van der Waals surface area contributed by atoms with Crippen LogP contribution in [0.2, 0.25) is 0 Å². The zero-order valence-corrected chi connectivity index (χ0v) is 20.7. The molecule has 7 nitrogen and oxygen atoms in total. The normalized spacial score (nSPS) is 27.8. The van der Waals surface area contributed by atoms with Gasteiger partial charge in [0.1, 0.15) is 22.0 Å². The van der Waals surface area contributed by atoms with Crippen molar-refractivity contribution >= 4 is 57.8 Å². The van der Waals surface area contributed by atoms with Gasteiger partial charge in [-0.2, -0.15) is 0 Å².